The van der Waals surface area contributed by atoms with Gasteiger partial charge in [-0.25, -0.2) is 0 Å². The molecule has 0 unspecified atom stereocenters. The van der Waals surface area contributed by atoms with Gasteiger partial charge in [-0.15, -0.1) is 24.8 Å². The summed E-state index contributed by atoms with van der Waals surface area (Å²) in [4.78, 5) is 20.6. The molecule has 2 aromatic rings. The van der Waals surface area contributed by atoms with Crippen molar-refractivity contribution in [3.8, 4) is 0 Å². The van der Waals surface area contributed by atoms with Gasteiger partial charge in [0.15, 0.2) is 0 Å². The minimum Gasteiger partial charge on any atom is -0.325 e. The quantitative estimate of drug-likeness (QED) is 0.888. The van der Waals surface area contributed by atoms with E-state index in [1.165, 1.54) is 0 Å². The first-order valence-corrected chi connectivity index (χ1v) is 6.55. The molecular weight excluding hydrogens is 311 g/mol. The van der Waals surface area contributed by atoms with Gasteiger partial charge in [-0.1, -0.05) is 0 Å². The van der Waals surface area contributed by atoms with Gasteiger partial charge >= 0.3 is 0 Å². The van der Waals surface area contributed by atoms with Crippen LogP contribution < -0.4 is 10.6 Å². The van der Waals surface area contributed by atoms with Crippen LogP contribution in [0.2, 0.25) is 0 Å². The Labute approximate surface area is 135 Å². The molecule has 3 heterocycles. The van der Waals surface area contributed by atoms with E-state index in [2.05, 4.69) is 20.6 Å². The lowest BCUT2D eigenvalue weighted by molar-refractivity contribution is -0.120. The average Bonchev–Trinajstić information content (AvgIpc) is 2.48. The van der Waals surface area contributed by atoms with Gasteiger partial charge in [0, 0.05) is 29.9 Å². The van der Waals surface area contributed by atoms with Crippen molar-refractivity contribution in [1.29, 1.82) is 0 Å². The number of nitrogens with zero attached hydrogens (tertiary/aromatic N) is 2. The number of halogens is 2. The Hall–Kier alpha value is -1.43. The minimum absolute atomic E-state index is 0. The van der Waals surface area contributed by atoms with E-state index in [4.69, 9.17) is 0 Å². The number of amides is 1. The number of hydrogen-bond acceptors (Lipinski definition) is 4. The first-order chi connectivity index (χ1) is 9.34. The number of anilines is 1. The molecule has 1 fully saturated rings. The van der Waals surface area contributed by atoms with E-state index in [1.54, 1.807) is 18.6 Å². The van der Waals surface area contributed by atoms with Crippen molar-refractivity contribution < 1.29 is 4.79 Å². The zero-order valence-corrected chi connectivity index (χ0v) is 13.0. The highest BCUT2D eigenvalue weighted by molar-refractivity contribution is 6.01. The molecule has 0 atom stereocenters. The summed E-state index contributed by atoms with van der Waals surface area (Å²) in [7, 11) is 0. The van der Waals surface area contributed by atoms with Crippen LogP contribution in [0, 0.1) is 5.92 Å². The smallest absolute Gasteiger partial charge is 0.227 e. The lowest BCUT2D eigenvalue weighted by Gasteiger charge is -2.22. The lowest BCUT2D eigenvalue weighted by atomic mass is 9.97. The zero-order valence-electron chi connectivity index (χ0n) is 11.4. The SMILES string of the molecule is Cl.Cl.O=C(Nc1ccnc2ccncc12)C1CCNCC1. The van der Waals surface area contributed by atoms with Crippen molar-refractivity contribution in [2.24, 2.45) is 5.92 Å². The number of nitrogens with one attached hydrogen (secondary N) is 2. The molecule has 2 N–H and O–H groups in total. The molecule has 0 spiro atoms. The molecule has 0 aliphatic carbocycles. The predicted octanol–water partition coefficient (Wildman–Crippen LogP) is 2.41. The highest BCUT2D eigenvalue weighted by Gasteiger charge is 2.21. The fourth-order valence-corrected chi connectivity index (χ4v) is 2.42. The first kappa shape index (κ1) is 17.6. The third kappa shape index (κ3) is 4.03. The summed E-state index contributed by atoms with van der Waals surface area (Å²) in [5, 5.41) is 7.15. The Morgan fingerprint density at radius 2 is 1.95 bits per heavy atom. The number of carbonyl (C=O) groups is 1. The number of fused-ring (bicyclic) bond motifs is 1. The molecule has 1 aliphatic rings. The molecule has 1 amide bonds. The first-order valence-electron chi connectivity index (χ1n) is 6.55. The van der Waals surface area contributed by atoms with Crippen molar-refractivity contribution in [3.05, 3.63) is 30.7 Å². The second kappa shape index (κ2) is 8.12. The van der Waals surface area contributed by atoms with Crippen molar-refractivity contribution in [3.63, 3.8) is 0 Å². The van der Waals surface area contributed by atoms with E-state index in [9.17, 15) is 4.79 Å². The van der Waals surface area contributed by atoms with Crippen molar-refractivity contribution in [1.82, 2.24) is 15.3 Å². The normalized spacial score (nSPS) is 14.9. The van der Waals surface area contributed by atoms with Crippen LogP contribution in [0.15, 0.2) is 30.7 Å². The second-order valence-corrected chi connectivity index (χ2v) is 4.76. The van der Waals surface area contributed by atoms with Gasteiger partial charge < -0.3 is 10.6 Å². The molecule has 0 saturated carbocycles. The molecule has 0 bridgehead atoms. The summed E-state index contributed by atoms with van der Waals surface area (Å²) in [5.74, 6) is 0.194. The van der Waals surface area contributed by atoms with E-state index in [1.807, 2.05) is 12.1 Å². The predicted molar refractivity (Wildman–Crippen MR) is 88.3 cm³/mol. The Balaban J connectivity index is 0.00000110. The van der Waals surface area contributed by atoms with Crippen LogP contribution in [0.1, 0.15) is 12.8 Å². The van der Waals surface area contributed by atoms with Gasteiger partial charge in [-0.2, -0.15) is 0 Å². The molecule has 2 aromatic heterocycles. The van der Waals surface area contributed by atoms with E-state index < -0.39 is 0 Å². The van der Waals surface area contributed by atoms with Crippen LogP contribution >= 0.6 is 24.8 Å². The highest BCUT2D eigenvalue weighted by Crippen LogP contribution is 2.22. The minimum atomic E-state index is 0. The van der Waals surface area contributed by atoms with Crippen LogP contribution in [0.3, 0.4) is 0 Å². The maximum Gasteiger partial charge on any atom is 0.227 e. The Morgan fingerprint density at radius 3 is 2.71 bits per heavy atom. The topological polar surface area (TPSA) is 66.9 Å². The van der Waals surface area contributed by atoms with E-state index in [0.717, 1.165) is 42.5 Å². The summed E-state index contributed by atoms with van der Waals surface area (Å²) < 4.78 is 0. The largest absolute Gasteiger partial charge is 0.325 e. The van der Waals surface area contributed by atoms with Gasteiger partial charge in [0.2, 0.25) is 5.91 Å². The number of piperidine rings is 1. The Bertz CT molecular complexity index is 597. The van der Waals surface area contributed by atoms with Crippen LogP contribution in [0.5, 0.6) is 0 Å². The average molecular weight is 329 g/mol. The maximum atomic E-state index is 12.2. The molecule has 3 rings (SSSR count). The molecule has 7 heteroatoms. The van der Waals surface area contributed by atoms with Gasteiger partial charge in [-0.05, 0) is 38.1 Å². The third-order valence-electron chi connectivity index (χ3n) is 3.51. The van der Waals surface area contributed by atoms with Gasteiger partial charge in [0.1, 0.15) is 0 Å². The van der Waals surface area contributed by atoms with Crippen LogP contribution in [0.25, 0.3) is 10.9 Å². The van der Waals surface area contributed by atoms with E-state index >= 15 is 0 Å². The van der Waals surface area contributed by atoms with Crippen molar-refractivity contribution >= 4 is 47.3 Å². The number of carbonyl (C=O) groups excluding carboxylic acids is 1. The van der Waals surface area contributed by atoms with Crippen LogP contribution in [-0.2, 0) is 4.79 Å². The van der Waals surface area contributed by atoms with Crippen LogP contribution in [-0.4, -0.2) is 29.0 Å². The van der Waals surface area contributed by atoms with Crippen LogP contribution in [0.4, 0.5) is 5.69 Å². The zero-order chi connectivity index (χ0) is 13.1. The summed E-state index contributed by atoms with van der Waals surface area (Å²) in [6.07, 6.45) is 6.94. The number of rotatable bonds is 2. The molecule has 5 nitrogen and oxygen atoms in total. The molecule has 21 heavy (non-hydrogen) atoms. The standard InChI is InChI=1S/C14H16N4O.2ClH/c19-14(10-1-5-15-6-2-10)18-13-4-8-17-12-3-7-16-9-11(12)13;;/h3-4,7-10,15H,1-2,5-6H2,(H,17,18,19);2*1H. The number of hydrogen-bond donors (Lipinski definition) is 2. The molecular formula is C14H18Cl2N4O. The Morgan fingerprint density at radius 1 is 1.19 bits per heavy atom. The summed E-state index contributed by atoms with van der Waals surface area (Å²) in [6, 6.07) is 3.67. The fraction of sp³-hybridized carbons (Fsp3) is 0.357. The monoisotopic (exact) mass is 328 g/mol. The third-order valence-corrected chi connectivity index (χ3v) is 3.51. The highest BCUT2D eigenvalue weighted by atomic mass is 35.5. The molecule has 1 aliphatic heterocycles. The van der Waals surface area contributed by atoms with Gasteiger partial charge in [0.05, 0.1) is 11.2 Å². The fourth-order valence-electron chi connectivity index (χ4n) is 2.42. The summed E-state index contributed by atoms with van der Waals surface area (Å²) in [5.41, 5.74) is 1.64. The second-order valence-electron chi connectivity index (χ2n) is 4.76. The lowest BCUT2D eigenvalue weighted by Crippen LogP contribution is -2.34. The van der Waals surface area contributed by atoms with E-state index in [0.29, 0.717) is 0 Å². The van der Waals surface area contributed by atoms with E-state index in [-0.39, 0.29) is 36.6 Å². The van der Waals surface area contributed by atoms with Gasteiger partial charge in [-0.3, -0.25) is 14.8 Å². The molecule has 0 radical (unpaired) electrons. The summed E-state index contributed by atoms with van der Waals surface area (Å²) in [6.45, 7) is 1.83. The molecule has 1 saturated heterocycles. The van der Waals surface area contributed by atoms with Gasteiger partial charge in [0.25, 0.3) is 0 Å². The van der Waals surface area contributed by atoms with Crippen molar-refractivity contribution in [2.45, 2.75) is 12.8 Å². The summed E-state index contributed by atoms with van der Waals surface area (Å²) >= 11 is 0. The maximum absolute atomic E-state index is 12.2. The number of pyridine rings is 2. The molecule has 114 valence electrons. The Kier molecular flexibility index (Phi) is 6.81. The number of aromatic nitrogens is 2. The van der Waals surface area contributed by atoms with Crippen molar-refractivity contribution in [2.75, 3.05) is 18.4 Å². The molecule has 0 aromatic carbocycles.